The van der Waals surface area contributed by atoms with Crippen LogP contribution in [0.25, 0.3) is 0 Å². The highest BCUT2D eigenvalue weighted by Crippen LogP contribution is 2.38. The van der Waals surface area contributed by atoms with E-state index >= 15 is 0 Å². The lowest BCUT2D eigenvalue weighted by Crippen LogP contribution is -2.17. The fraction of sp³-hybridized carbons (Fsp3) is 0.647. The van der Waals surface area contributed by atoms with E-state index in [9.17, 15) is 0 Å². The van der Waals surface area contributed by atoms with Gasteiger partial charge in [0.05, 0.1) is 6.61 Å². The van der Waals surface area contributed by atoms with Crippen LogP contribution in [0.3, 0.4) is 0 Å². The summed E-state index contributed by atoms with van der Waals surface area (Å²) in [5.74, 6) is 3.12. The maximum absolute atomic E-state index is 6.05. The van der Waals surface area contributed by atoms with Gasteiger partial charge in [0, 0.05) is 24.2 Å². The molecule has 1 aliphatic carbocycles. The van der Waals surface area contributed by atoms with Gasteiger partial charge in [-0.25, -0.2) is 0 Å². The molecule has 1 aromatic rings. The fourth-order valence-corrected chi connectivity index (χ4v) is 2.59. The largest absolute Gasteiger partial charge is 0.493 e. The number of rotatable bonds is 8. The summed E-state index contributed by atoms with van der Waals surface area (Å²) in [6.45, 7) is 6.34. The third kappa shape index (κ3) is 3.82. The predicted molar refractivity (Wildman–Crippen MR) is 82.0 cm³/mol. The molecule has 0 saturated heterocycles. The highest BCUT2D eigenvalue weighted by Gasteiger charge is 2.23. The second-order valence-corrected chi connectivity index (χ2v) is 6.17. The first-order chi connectivity index (χ1) is 10.3. The van der Waals surface area contributed by atoms with Crippen molar-refractivity contribution in [1.82, 2.24) is 5.32 Å². The van der Waals surface area contributed by atoms with Crippen molar-refractivity contribution < 1.29 is 14.2 Å². The Morgan fingerprint density at radius 2 is 2.05 bits per heavy atom. The third-order valence-corrected chi connectivity index (χ3v) is 4.02. The first kappa shape index (κ1) is 14.5. The monoisotopic (exact) mass is 291 g/mol. The van der Waals surface area contributed by atoms with E-state index in [4.69, 9.17) is 14.2 Å². The van der Waals surface area contributed by atoms with Crippen LogP contribution in [-0.2, 0) is 6.54 Å². The van der Waals surface area contributed by atoms with Gasteiger partial charge in [-0.1, -0.05) is 20.3 Å². The molecule has 0 radical (unpaired) electrons. The molecule has 1 heterocycles. The molecule has 116 valence electrons. The van der Waals surface area contributed by atoms with Gasteiger partial charge < -0.3 is 19.5 Å². The van der Waals surface area contributed by atoms with E-state index in [1.165, 1.54) is 25.7 Å². The average Bonchev–Trinajstić information content (AvgIpc) is 3.19. The minimum absolute atomic E-state index is 0.306. The van der Waals surface area contributed by atoms with Gasteiger partial charge in [0.15, 0.2) is 11.5 Å². The van der Waals surface area contributed by atoms with Crippen LogP contribution in [0.15, 0.2) is 12.1 Å². The Morgan fingerprint density at radius 3 is 2.76 bits per heavy atom. The van der Waals surface area contributed by atoms with Gasteiger partial charge in [-0.05, 0) is 31.2 Å². The summed E-state index contributed by atoms with van der Waals surface area (Å²) in [7, 11) is 0. The van der Waals surface area contributed by atoms with Gasteiger partial charge >= 0.3 is 0 Å². The van der Waals surface area contributed by atoms with Gasteiger partial charge in [0.2, 0.25) is 6.79 Å². The molecule has 0 bridgehead atoms. The summed E-state index contributed by atoms with van der Waals surface area (Å²) in [5.41, 5.74) is 1.16. The summed E-state index contributed by atoms with van der Waals surface area (Å²) in [4.78, 5) is 0. The molecule has 0 aromatic heterocycles. The molecule has 3 rings (SSSR count). The third-order valence-electron chi connectivity index (χ3n) is 4.02. The average molecular weight is 291 g/mol. The minimum Gasteiger partial charge on any atom is -0.493 e. The molecule has 0 spiro atoms. The summed E-state index contributed by atoms with van der Waals surface area (Å²) in [5, 5.41) is 3.54. The number of fused-ring (bicyclic) bond motifs is 1. The Hall–Kier alpha value is -1.42. The van der Waals surface area contributed by atoms with Crippen LogP contribution in [0.2, 0.25) is 0 Å². The van der Waals surface area contributed by atoms with E-state index in [0.29, 0.717) is 18.8 Å². The fourth-order valence-electron chi connectivity index (χ4n) is 2.59. The van der Waals surface area contributed by atoms with Crippen LogP contribution in [-0.4, -0.2) is 19.4 Å². The van der Waals surface area contributed by atoms with Crippen molar-refractivity contribution in [2.24, 2.45) is 5.92 Å². The van der Waals surface area contributed by atoms with Crippen LogP contribution in [0, 0.1) is 5.92 Å². The lowest BCUT2D eigenvalue weighted by atomic mass is 10.1. The standard InChI is InChI=1S/C17H25NO3/c1-3-4-12(2)10-19-15-8-17-16(20-11-21-17)7-13(15)9-18-14-5-6-14/h7-8,12,14,18H,3-6,9-11H2,1-2H3. The highest BCUT2D eigenvalue weighted by molar-refractivity contribution is 5.51. The molecule has 1 saturated carbocycles. The quantitative estimate of drug-likeness (QED) is 0.796. The molecule has 1 aliphatic heterocycles. The molecular formula is C17H25NO3. The van der Waals surface area contributed by atoms with Crippen molar-refractivity contribution in [1.29, 1.82) is 0 Å². The van der Waals surface area contributed by atoms with E-state index in [2.05, 4.69) is 25.2 Å². The Labute approximate surface area is 126 Å². The maximum Gasteiger partial charge on any atom is 0.231 e. The lowest BCUT2D eigenvalue weighted by molar-refractivity contribution is 0.173. The first-order valence-electron chi connectivity index (χ1n) is 8.05. The molecular weight excluding hydrogens is 266 g/mol. The number of hydrogen-bond donors (Lipinski definition) is 1. The van der Waals surface area contributed by atoms with E-state index in [0.717, 1.165) is 36.0 Å². The SMILES string of the molecule is CCCC(C)COc1cc2c(cc1CNC1CC1)OCO2. The second-order valence-electron chi connectivity index (χ2n) is 6.17. The van der Waals surface area contributed by atoms with Gasteiger partial charge in [0.25, 0.3) is 0 Å². The summed E-state index contributed by atoms with van der Waals surface area (Å²) in [6, 6.07) is 4.71. The smallest absolute Gasteiger partial charge is 0.231 e. The molecule has 1 N–H and O–H groups in total. The zero-order valence-electron chi connectivity index (χ0n) is 13.0. The molecule has 21 heavy (non-hydrogen) atoms. The Balaban J connectivity index is 1.69. The van der Waals surface area contributed by atoms with Gasteiger partial charge in [-0.15, -0.1) is 0 Å². The van der Waals surface area contributed by atoms with E-state index in [-0.39, 0.29) is 0 Å². The van der Waals surface area contributed by atoms with Crippen molar-refractivity contribution in [3.05, 3.63) is 17.7 Å². The van der Waals surface area contributed by atoms with Crippen LogP contribution < -0.4 is 19.5 Å². The Morgan fingerprint density at radius 1 is 1.29 bits per heavy atom. The minimum atomic E-state index is 0.306. The zero-order chi connectivity index (χ0) is 14.7. The molecule has 2 aliphatic rings. The van der Waals surface area contributed by atoms with Crippen molar-refractivity contribution in [3.63, 3.8) is 0 Å². The lowest BCUT2D eigenvalue weighted by Gasteiger charge is -2.16. The molecule has 0 amide bonds. The summed E-state index contributed by atoms with van der Waals surface area (Å²) >= 11 is 0. The Bertz CT molecular complexity index is 485. The van der Waals surface area contributed by atoms with E-state index in [1.54, 1.807) is 0 Å². The normalized spacial score (nSPS) is 17.8. The molecule has 1 aromatic carbocycles. The number of nitrogens with one attached hydrogen (secondary N) is 1. The molecule has 1 unspecified atom stereocenters. The predicted octanol–water partition coefficient (Wildman–Crippen LogP) is 3.48. The molecule has 4 nitrogen and oxygen atoms in total. The van der Waals surface area contributed by atoms with Crippen molar-refractivity contribution >= 4 is 0 Å². The number of benzene rings is 1. The van der Waals surface area contributed by atoms with Crippen LogP contribution in [0.4, 0.5) is 0 Å². The Kier molecular flexibility index (Phi) is 4.54. The van der Waals surface area contributed by atoms with Gasteiger partial charge in [-0.3, -0.25) is 0 Å². The highest BCUT2D eigenvalue weighted by atomic mass is 16.7. The van der Waals surface area contributed by atoms with Crippen LogP contribution in [0.5, 0.6) is 17.2 Å². The van der Waals surface area contributed by atoms with Crippen LogP contribution >= 0.6 is 0 Å². The van der Waals surface area contributed by atoms with Crippen molar-refractivity contribution in [3.8, 4) is 17.2 Å². The van der Waals surface area contributed by atoms with E-state index < -0.39 is 0 Å². The zero-order valence-corrected chi connectivity index (χ0v) is 13.0. The van der Waals surface area contributed by atoms with Gasteiger partial charge in [-0.2, -0.15) is 0 Å². The number of ether oxygens (including phenoxy) is 3. The van der Waals surface area contributed by atoms with Crippen LogP contribution in [0.1, 0.15) is 45.1 Å². The second kappa shape index (κ2) is 6.56. The van der Waals surface area contributed by atoms with Gasteiger partial charge in [0.1, 0.15) is 5.75 Å². The van der Waals surface area contributed by atoms with Crippen molar-refractivity contribution in [2.75, 3.05) is 13.4 Å². The summed E-state index contributed by atoms with van der Waals surface area (Å²) < 4.78 is 17.0. The molecule has 4 heteroatoms. The maximum atomic E-state index is 6.05. The van der Waals surface area contributed by atoms with E-state index in [1.807, 2.05) is 6.07 Å². The topological polar surface area (TPSA) is 39.7 Å². The molecule has 1 atom stereocenters. The summed E-state index contributed by atoms with van der Waals surface area (Å²) in [6.07, 6.45) is 4.96. The first-order valence-corrected chi connectivity index (χ1v) is 8.05. The molecule has 1 fully saturated rings. The van der Waals surface area contributed by atoms with Crippen molar-refractivity contribution in [2.45, 2.75) is 52.1 Å². The number of hydrogen-bond acceptors (Lipinski definition) is 4.